The molecule has 0 aliphatic rings. The Kier molecular flexibility index (Phi) is 9.80. The van der Waals surface area contributed by atoms with Gasteiger partial charge in [0.25, 0.3) is 31.4 Å². The van der Waals surface area contributed by atoms with E-state index in [0.717, 1.165) is 18.2 Å². The van der Waals surface area contributed by atoms with E-state index in [9.17, 15) is 40.6 Å². The highest BCUT2D eigenvalue weighted by molar-refractivity contribution is 7.86. The predicted octanol–water partition coefficient (Wildman–Crippen LogP) is -0.787. The standard InChI is InChI=1S/C20H13NO10S2.2C2H7NO/c22-6-5-21-19(23)10-2-4-14-16-12(8-15(33(28,29)30)18(17(10)16)20(21)24)11-7-9(32(25,26)27)1-3-13(11)31-14;2*3-1-2-4/h1-4,7-8,22H,5-6H2,(H,25,26,27)(H,28,29,30);2*4H,1-3H2. The summed E-state index contributed by atoms with van der Waals surface area (Å²) in [6.07, 6.45) is 0. The molecule has 0 amide bonds. The summed E-state index contributed by atoms with van der Waals surface area (Å²) >= 11 is 0. The van der Waals surface area contributed by atoms with Gasteiger partial charge in [-0.25, -0.2) is 0 Å². The second-order valence-corrected chi connectivity index (χ2v) is 11.2. The van der Waals surface area contributed by atoms with Gasteiger partial charge in [-0.05, 0) is 41.8 Å². The molecule has 0 saturated carbocycles. The van der Waals surface area contributed by atoms with Crippen molar-refractivity contribution in [3.8, 4) is 0 Å². The molecule has 15 nitrogen and oxygen atoms in total. The number of hydrogen-bond donors (Lipinski definition) is 7. The molecule has 2 heterocycles. The number of pyridine rings is 1. The van der Waals surface area contributed by atoms with Crippen LogP contribution in [0.1, 0.15) is 0 Å². The molecule has 3 aromatic carbocycles. The number of aliphatic hydroxyl groups excluding tert-OH is 3. The molecule has 0 spiro atoms. The zero-order valence-electron chi connectivity index (χ0n) is 21.2. The number of hydrogen-bond acceptors (Lipinski definition) is 12. The molecule has 0 aliphatic heterocycles. The summed E-state index contributed by atoms with van der Waals surface area (Å²) in [6, 6.07) is 7.15. The average molecular weight is 614 g/mol. The van der Waals surface area contributed by atoms with E-state index < -0.39 is 59.7 Å². The lowest BCUT2D eigenvalue weighted by Crippen LogP contribution is -2.35. The van der Waals surface area contributed by atoms with Crippen LogP contribution in [0.4, 0.5) is 0 Å². The summed E-state index contributed by atoms with van der Waals surface area (Å²) in [5.41, 5.74) is 8.02. The molecule has 2 aromatic heterocycles. The van der Waals surface area contributed by atoms with Crippen LogP contribution < -0.4 is 22.6 Å². The van der Waals surface area contributed by atoms with Gasteiger partial charge >= 0.3 is 0 Å². The third-order valence-corrected chi connectivity index (χ3v) is 7.49. The van der Waals surface area contributed by atoms with Crippen molar-refractivity contribution in [2.75, 3.05) is 32.9 Å². The van der Waals surface area contributed by atoms with Crippen LogP contribution in [0.25, 0.3) is 43.5 Å². The van der Waals surface area contributed by atoms with Gasteiger partial charge in [0.05, 0.1) is 36.6 Å². The van der Waals surface area contributed by atoms with Crippen LogP contribution in [0.5, 0.6) is 0 Å². The number of benzene rings is 3. The lowest BCUT2D eigenvalue weighted by atomic mass is 9.96. The molecule has 41 heavy (non-hydrogen) atoms. The largest absolute Gasteiger partial charge is 0.456 e. The van der Waals surface area contributed by atoms with E-state index in [1.807, 2.05) is 0 Å². The first-order chi connectivity index (χ1) is 19.3. The molecule has 9 N–H and O–H groups in total. The monoisotopic (exact) mass is 613 g/mol. The topological polar surface area (TPSA) is 274 Å². The highest BCUT2D eigenvalue weighted by Gasteiger charge is 2.26. The van der Waals surface area contributed by atoms with Gasteiger partial charge < -0.3 is 31.2 Å². The van der Waals surface area contributed by atoms with Crippen LogP contribution >= 0.6 is 0 Å². The quantitative estimate of drug-likeness (QED) is 0.0702. The van der Waals surface area contributed by atoms with Crippen LogP contribution in [-0.4, -0.2) is 78.7 Å². The highest BCUT2D eigenvalue weighted by atomic mass is 32.2. The highest BCUT2D eigenvalue weighted by Crippen LogP contribution is 2.40. The number of rotatable bonds is 6. The van der Waals surface area contributed by atoms with Crippen molar-refractivity contribution in [2.24, 2.45) is 11.5 Å². The second kappa shape index (κ2) is 12.6. The minimum atomic E-state index is -5.00. The number of nitrogens with two attached hydrogens (primary N) is 2. The summed E-state index contributed by atoms with van der Waals surface area (Å²) < 4.78 is 73.7. The predicted molar refractivity (Wildman–Crippen MR) is 149 cm³/mol. The Morgan fingerprint density at radius 3 is 1.78 bits per heavy atom. The van der Waals surface area contributed by atoms with Crippen LogP contribution in [-0.2, 0) is 26.8 Å². The molecule has 0 fully saturated rings. The molecule has 0 aliphatic carbocycles. The van der Waals surface area contributed by atoms with Crippen LogP contribution in [0, 0.1) is 0 Å². The Morgan fingerprint density at radius 2 is 1.27 bits per heavy atom. The minimum absolute atomic E-state index is 0.0592. The zero-order valence-corrected chi connectivity index (χ0v) is 22.9. The first kappa shape index (κ1) is 32.0. The first-order valence-electron chi connectivity index (χ1n) is 11.8. The lowest BCUT2D eigenvalue weighted by molar-refractivity contribution is 0.273. The molecular formula is C24H27N3O12S2. The van der Waals surface area contributed by atoms with Crippen LogP contribution in [0.15, 0.2) is 60.2 Å². The fourth-order valence-electron chi connectivity index (χ4n) is 4.16. The Balaban J connectivity index is 0.000000515. The molecule has 5 aromatic rings. The minimum Gasteiger partial charge on any atom is -0.456 e. The number of aliphatic hydroxyl groups is 3. The van der Waals surface area contributed by atoms with Crippen LogP contribution in [0.3, 0.4) is 0 Å². The van der Waals surface area contributed by atoms with Crippen molar-refractivity contribution < 1.29 is 45.7 Å². The van der Waals surface area contributed by atoms with E-state index in [1.54, 1.807) is 0 Å². The van der Waals surface area contributed by atoms with Crippen molar-refractivity contribution in [3.05, 3.63) is 57.1 Å². The van der Waals surface area contributed by atoms with Crippen molar-refractivity contribution in [1.82, 2.24) is 4.57 Å². The van der Waals surface area contributed by atoms with E-state index in [4.69, 9.17) is 26.1 Å². The third kappa shape index (κ3) is 6.22. The fourth-order valence-corrected chi connectivity index (χ4v) is 5.38. The van der Waals surface area contributed by atoms with Gasteiger partial charge in [0.1, 0.15) is 16.1 Å². The van der Waals surface area contributed by atoms with E-state index in [1.165, 1.54) is 18.2 Å². The smallest absolute Gasteiger partial charge is 0.295 e. The lowest BCUT2D eigenvalue weighted by Gasteiger charge is -2.16. The van der Waals surface area contributed by atoms with Crippen molar-refractivity contribution in [3.63, 3.8) is 0 Å². The zero-order chi connectivity index (χ0) is 30.7. The normalized spacial score (nSPS) is 12.0. The molecule has 0 bridgehead atoms. The van der Waals surface area contributed by atoms with Gasteiger partial charge in [0, 0.05) is 34.6 Å². The van der Waals surface area contributed by atoms with Gasteiger partial charge in [-0.2, -0.15) is 16.8 Å². The molecule has 222 valence electrons. The molecule has 0 unspecified atom stereocenters. The Morgan fingerprint density at radius 1 is 0.683 bits per heavy atom. The second-order valence-electron chi connectivity index (χ2n) is 8.38. The molecular weight excluding hydrogens is 586 g/mol. The maximum absolute atomic E-state index is 13.1. The van der Waals surface area contributed by atoms with Gasteiger partial charge in [0.15, 0.2) is 0 Å². The van der Waals surface area contributed by atoms with Gasteiger partial charge in [-0.15, -0.1) is 0 Å². The molecule has 0 saturated heterocycles. The maximum atomic E-state index is 13.1. The van der Waals surface area contributed by atoms with E-state index in [2.05, 4.69) is 0 Å². The molecule has 17 heteroatoms. The first-order valence-corrected chi connectivity index (χ1v) is 14.6. The average Bonchev–Trinajstić information content (AvgIpc) is 2.93. The molecule has 5 rings (SSSR count). The summed E-state index contributed by atoms with van der Waals surface area (Å²) in [6.45, 7) is -0.0215. The maximum Gasteiger partial charge on any atom is 0.295 e. The Hall–Kier alpha value is -3.52. The van der Waals surface area contributed by atoms with Gasteiger partial charge in [-0.3, -0.25) is 23.3 Å². The van der Waals surface area contributed by atoms with Crippen molar-refractivity contribution in [2.45, 2.75) is 16.3 Å². The van der Waals surface area contributed by atoms with Gasteiger partial charge in [-0.1, -0.05) is 0 Å². The SMILES string of the molecule is NCCO.NCCO.O=c1c2ccc3oc4ccc(S(=O)(=O)O)cc4c4cc(S(=O)(=O)O)c(c(=O)n1CCO)c2c34. The number of aromatic nitrogens is 1. The summed E-state index contributed by atoms with van der Waals surface area (Å²) in [4.78, 5) is 24.8. The van der Waals surface area contributed by atoms with E-state index >= 15 is 0 Å². The van der Waals surface area contributed by atoms with Crippen LogP contribution in [0.2, 0.25) is 0 Å². The van der Waals surface area contributed by atoms with Crippen molar-refractivity contribution >= 4 is 63.7 Å². The third-order valence-electron chi connectivity index (χ3n) is 5.76. The summed E-state index contributed by atoms with van der Waals surface area (Å²) in [5.74, 6) is 0. The number of nitrogens with zero attached hydrogens (tertiary/aromatic N) is 1. The Labute approximate surface area is 231 Å². The van der Waals surface area contributed by atoms with E-state index in [0.29, 0.717) is 17.7 Å². The Bertz CT molecular complexity index is 2040. The summed E-state index contributed by atoms with van der Waals surface area (Å²) in [5, 5.41) is 24.4. The molecule has 0 radical (unpaired) electrons. The fraction of sp³-hybridized carbons (Fsp3) is 0.250. The molecule has 0 atom stereocenters. The van der Waals surface area contributed by atoms with E-state index in [-0.39, 0.29) is 51.3 Å². The number of fused-ring (bicyclic) bond motifs is 2. The van der Waals surface area contributed by atoms with Crippen molar-refractivity contribution in [1.29, 1.82) is 0 Å². The van der Waals surface area contributed by atoms with Gasteiger partial charge in [0.2, 0.25) is 0 Å². The summed E-state index contributed by atoms with van der Waals surface area (Å²) in [7, 11) is -9.62.